The van der Waals surface area contributed by atoms with Crippen LogP contribution in [0.1, 0.15) is 10.4 Å². The molecule has 1 heterocycles. The molecule has 0 saturated carbocycles. The summed E-state index contributed by atoms with van der Waals surface area (Å²) in [6.45, 7) is 0. The van der Waals surface area contributed by atoms with Crippen molar-refractivity contribution < 1.29 is 22.7 Å². The van der Waals surface area contributed by atoms with E-state index in [0.717, 1.165) is 12.1 Å². The fraction of sp³-hybridized carbons (Fsp3) is 0.0769. The van der Waals surface area contributed by atoms with Crippen molar-refractivity contribution in [1.29, 1.82) is 0 Å². The van der Waals surface area contributed by atoms with E-state index < -0.39 is 12.3 Å². The Morgan fingerprint density at radius 1 is 1.19 bits per heavy atom. The van der Waals surface area contributed by atoms with Crippen LogP contribution < -0.4 is 15.8 Å². The largest absolute Gasteiger partial charge is 0.573 e. The molecule has 2 aromatic rings. The molecular weight excluding hydrogens is 287 g/mol. The highest BCUT2D eigenvalue weighted by atomic mass is 19.4. The zero-order valence-corrected chi connectivity index (χ0v) is 10.5. The lowest BCUT2D eigenvalue weighted by atomic mass is 10.2. The van der Waals surface area contributed by atoms with Crippen LogP contribution in [-0.2, 0) is 0 Å². The Balaban J connectivity index is 2.07. The molecule has 0 spiro atoms. The standard InChI is InChI=1S/C13H10F3N3O2/c14-13(15,16)21-9-5-3-8(4-6-9)19-12(20)10-2-1-7-18-11(10)17/h1-7H,(H2,17,18)(H,19,20). The number of carbonyl (C=O) groups excluding carboxylic acids is 1. The lowest BCUT2D eigenvalue weighted by molar-refractivity contribution is -0.274. The first-order valence-corrected chi connectivity index (χ1v) is 5.73. The van der Waals surface area contributed by atoms with Crippen molar-refractivity contribution in [3.05, 3.63) is 48.2 Å². The maximum absolute atomic E-state index is 12.0. The molecule has 2 rings (SSSR count). The quantitative estimate of drug-likeness (QED) is 0.913. The molecule has 8 heteroatoms. The van der Waals surface area contributed by atoms with Gasteiger partial charge in [-0.2, -0.15) is 0 Å². The van der Waals surface area contributed by atoms with Gasteiger partial charge in [-0.25, -0.2) is 4.98 Å². The summed E-state index contributed by atoms with van der Waals surface area (Å²) in [5.74, 6) is -0.821. The van der Waals surface area contributed by atoms with Crippen LogP contribution in [0.25, 0.3) is 0 Å². The van der Waals surface area contributed by atoms with Gasteiger partial charge in [-0.15, -0.1) is 13.2 Å². The highest BCUT2D eigenvalue weighted by Crippen LogP contribution is 2.24. The number of nitrogens with one attached hydrogen (secondary N) is 1. The number of benzene rings is 1. The first-order chi connectivity index (χ1) is 9.85. The summed E-state index contributed by atoms with van der Waals surface area (Å²) < 4.78 is 39.7. The average Bonchev–Trinajstić information content (AvgIpc) is 2.40. The van der Waals surface area contributed by atoms with Crippen molar-refractivity contribution in [2.75, 3.05) is 11.1 Å². The van der Waals surface area contributed by atoms with E-state index in [4.69, 9.17) is 5.73 Å². The fourth-order valence-electron chi connectivity index (χ4n) is 1.55. The average molecular weight is 297 g/mol. The molecule has 1 aromatic heterocycles. The van der Waals surface area contributed by atoms with Gasteiger partial charge in [-0.1, -0.05) is 0 Å². The van der Waals surface area contributed by atoms with Crippen molar-refractivity contribution in [3.63, 3.8) is 0 Å². The molecule has 0 atom stereocenters. The first-order valence-electron chi connectivity index (χ1n) is 5.73. The van der Waals surface area contributed by atoms with Gasteiger partial charge in [-0.05, 0) is 36.4 Å². The number of anilines is 2. The van der Waals surface area contributed by atoms with Gasteiger partial charge in [0, 0.05) is 11.9 Å². The van der Waals surface area contributed by atoms with Gasteiger partial charge < -0.3 is 15.8 Å². The number of aromatic nitrogens is 1. The molecule has 0 radical (unpaired) electrons. The number of hydrogen-bond acceptors (Lipinski definition) is 4. The number of nitrogens with zero attached hydrogens (tertiary/aromatic N) is 1. The van der Waals surface area contributed by atoms with Crippen molar-refractivity contribution in [2.24, 2.45) is 0 Å². The van der Waals surface area contributed by atoms with E-state index in [0.29, 0.717) is 5.69 Å². The minimum absolute atomic E-state index is 0.0621. The van der Waals surface area contributed by atoms with E-state index in [9.17, 15) is 18.0 Å². The summed E-state index contributed by atoms with van der Waals surface area (Å²) in [7, 11) is 0. The molecule has 21 heavy (non-hydrogen) atoms. The monoisotopic (exact) mass is 297 g/mol. The van der Waals surface area contributed by atoms with Crippen molar-refractivity contribution in [2.45, 2.75) is 6.36 Å². The van der Waals surface area contributed by atoms with Gasteiger partial charge in [0.05, 0.1) is 5.56 Å². The van der Waals surface area contributed by atoms with E-state index in [1.54, 1.807) is 6.07 Å². The van der Waals surface area contributed by atoms with Crippen LogP contribution >= 0.6 is 0 Å². The second-order valence-corrected chi connectivity index (χ2v) is 3.96. The highest BCUT2D eigenvalue weighted by molar-refractivity contribution is 6.07. The smallest absolute Gasteiger partial charge is 0.406 e. The molecular formula is C13H10F3N3O2. The summed E-state index contributed by atoms with van der Waals surface area (Å²) in [5, 5.41) is 2.49. The third kappa shape index (κ3) is 4.10. The van der Waals surface area contributed by atoms with Crippen LogP contribution in [0, 0.1) is 0 Å². The molecule has 5 nitrogen and oxygen atoms in total. The number of alkyl halides is 3. The molecule has 0 aliphatic heterocycles. The summed E-state index contributed by atoms with van der Waals surface area (Å²) in [6, 6.07) is 7.78. The summed E-state index contributed by atoms with van der Waals surface area (Å²) >= 11 is 0. The molecule has 0 aliphatic rings. The molecule has 0 fully saturated rings. The minimum atomic E-state index is -4.76. The van der Waals surface area contributed by atoms with Crippen molar-refractivity contribution in [3.8, 4) is 5.75 Å². The van der Waals surface area contributed by atoms with Gasteiger partial charge in [0.25, 0.3) is 5.91 Å². The first kappa shape index (κ1) is 14.6. The van der Waals surface area contributed by atoms with Crippen LogP contribution in [0.5, 0.6) is 5.75 Å². The zero-order valence-electron chi connectivity index (χ0n) is 10.5. The zero-order chi connectivity index (χ0) is 15.5. The summed E-state index contributed by atoms with van der Waals surface area (Å²) in [6.07, 6.45) is -3.32. The second kappa shape index (κ2) is 5.70. The number of halogens is 3. The van der Waals surface area contributed by atoms with Crippen LogP contribution in [0.15, 0.2) is 42.6 Å². The van der Waals surface area contributed by atoms with Gasteiger partial charge in [0.1, 0.15) is 11.6 Å². The SMILES string of the molecule is Nc1ncccc1C(=O)Nc1ccc(OC(F)(F)F)cc1. The maximum atomic E-state index is 12.0. The molecule has 1 amide bonds. The Labute approximate surface area is 117 Å². The highest BCUT2D eigenvalue weighted by Gasteiger charge is 2.30. The third-order valence-electron chi connectivity index (χ3n) is 2.43. The third-order valence-corrected chi connectivity index (χ3v) is 2.43. The van der Waals surface area contributed by atoms with E-state index in [1.807, 2.05) is 0 Å². The van der Waals surface area contributed by atoms with Gasteiger partial charge >= 0.3 is 6.36 Å². The minimum Gasteiger partial charge on any atom is -0.406 e. The topological polar surface area (TPSA) is 77.2 Å². The van der Waals surface area contributed by atoms with Crippen molar-refractivity contribution >= 4 is 17.4 Å². The van der Waals surface area contributed by atoms with Crippen LogP contribution in [0.2, 0.25) is 0 Å². The Kier molecular flexibility index (Phi) is 3.97. The number of rotatable bonds is 3. The van der Waals surface area contributed by atoms with Gasteiger partial charge in [0.2, 0.25) is 0 Å². The molecule has 0 aliphatic carbocycles. The van der Waals surface area contributed by atoms with E-state index in [1.165, 1.54) is 24.4 Å². The normalized spacial score (nSPS) is 11.0. The van der Waals surface area contributed by atoms with Crippen molar-refractivity contribution in [1.82, 2.24) is 4.98 Å². The molecule has 0 bridgehead atoms. The lowest BCUT2D eigenvalue weighted by Gasteiger charge is -2.10. The Bertz CT molecular complexity index is 642. The number of carbonyl (C=O) groups is 1. The van der Waals surface area contributed by atoms with Gasteiger partial charge in [0.15, 0.2) is 0 Å². The van der Waals surface area contributed by atoms with E-state index in [2.05, 4.69) is 15.0 Å². The molecule has 3 N–H and O–H groups in total. The van der Waals surface area contributed by atoms with E-state index >= 15 is 0 Å². The molecule has 0 saturated heterocycles. The molecule has 1 aromatic carbocycles. The maximum Gasteiger partial charge on any atom is 0.573 e. The Hall–Kier alpha value is -2.77. The molecule has 110 valence electrons. The summed E-state index contributed by atoms with van der Waals surface area (Å²) in [4.78, 5) is 15.7. The second-order valence-electron chi connectivity index (χ2n) is 3.96. The van der Waals surface area contributed by atoms with Crippen LogP contribution in [-0.4, -0.2) is 17.3 Å². The number of ether oxygens (including phenoxy) is 1. The van der Waals surface area contributed by atoms with E-state index in [-0.39, 0.29) is 17.1 Å². The predicted octanol–water partition coefficient (Wildman–Crippen LogP) is 2.81. The predicted molar refractivity (Wildman–Crippen MR) is 69.7 cm³/mol. The lowest BCUT2D eigenvalue weighted by Crippen LogP contribution is -2.17. The Morgan fingerprint density at radius 2 is 1.86 bits per heavy atom. The van der Waals surface area contributed by atoms with Crippen LogP contribution in [0.4, 0.5) is 24.7 Å². The molecule has 0 unspecified atom stereocenters. The van der Waals surface area contributed by atoms with Gasteiger partial charge in [-0.3, -0.25) is 4.79 Å². The summed E-state index contributed by atoms with van der Waals surface area (Å²) in [5.41, 5.74) is 6.03. The fourth-order valence-corrected chi connectivity index (χ4v) is 1.55. The number of nitrogen functional groups attached to an aromatic ring is 1. The van der Waals surface area contributed by atoms with Crippen LogP contribution in [0.3, 0.4) is 0 Å². The number of nitrogens with two attached hydrogens (primary N) is 1. The Morgan fingerprint density at radius 3 is 2.43 bits per heavy atom. The number of hydrogen-bond donors (Lipinski definition) is 2. The number of amides is 1. The number of pyridine rings is 1.